The van der Waals surface area contributed by atoms with Crippen molar-refractivity contribution in [2.45, 2.75) is 12.8 Å². The molecule has 6 heteroatoms. The number of halogens is 1. The molecule has 0 radical (unpaired) electrons. The summed E-state index contributed by atoms with van der Waals surface area (Å²) in [6, 6.07) is 5.53. The van der Waals surface area contributed by atoms with E-state index in [1.54, 1.807) is 6.07 Å². The number of hydrogen-bond donors (Lipinski definition) is 2. The van der Waals surface area contributed by atoms with Gasteiger partial charge >= 0.3 is 0 Å². The zero-order chi connectivity index (χ0) is 14.5. The van der Waals surface area contributed by atoms with Crippen LogP contribution in [-0.4, -0.2) is 37.8 Å². The van der Waals surface area contributed by atoms with Crippen molar-refractivity contribution >= 4 is 23.1 Å². The summed E-state index contributed by atoms with van der Waals surface area (Å²) < 4.78 is 5.37. The number of amidine groups is 1. The molecule has 0 bridgehead atoms. The van der Waals surface area contributed by atoms with Crippen LogP contribution in [0.2, 0.25) is 5.02 Å². The number of nitrogens with two attached hydrogens (primary N) is 1. The molecule has 1 aliphatic rings. The highest BCUT2D eigenvalue weighted by molar-refractivity contribution is 6.34. The van der Waals surface area contributed by atoms with Crippen LogP contribution in [0.3, 0.4) is 0 Å². The number of ether oxygens (including phenoxy) is 1. The Morgan fingerprint density at radius 1 is 1.50 bits per heavy atom. The molecule has 1 aliphatic heterocycles. The molecule has 110 valence electrons. The molecule has 0 aromatic heterocycles. The van der Waals surface area contributed by atoms with Crippen LogP contribution in [-0.2, 0) is 4.74 Å². The number of nitrogens with zero attached hydrogens (tertiary/aromatic N) is 2. The van der Waals surface area contributed by atoms with Crippen molar-refractivity contribution in [3.63, 3.8) is 0 Å². The van der Waals surface area contributed by atoms with Crippen LogP contribution in [0, 0.1) is 5.92 Å². The topological polar surface area (TPSA) is 71.1 Å². The monoisotopic (exact) mass is 297 g/mol. The lowest BCUT2D eigenvalue weighted by Gasteiger charge is -2.29. The zero-order valence-corrected chi connectivity index (χ0v) is 12.3. The van der Waals surface area contributed by atoms with Crippen LogP contribution in [0.4, 0.5) is 5.69 Å². The van der Waals surface area contributed by atoms with E-state index < -0.39 is 0 Å². The standard InChI is InChI=1S/C14H20ClN3O2/c1-18(9-10-5-7-20-8-6-10)12-4-2-3-11(15)13(12)14(16)17-19/h2-4,10,19H,5-9H2,1H3,(H2,16,17). The maximum Gasteiger partial charge on any atom is 0.173 e. The molecule has 5 nitrogen and oxygen atoms in total. The van der Waals surface area contributed by atoms with E-state index in [1.807, 2.05) is 19.2 Å². The SMILES string of the molecule is CN(CC1CCOCC1)c1cccc(Cl)c1C(N)=NO. The molecular formula is C14H20ClN3O2. The summed E-state index contributed by atoms with van der Waals surface area (Å²) in [6.07, 6.45) is 2.12. The Morgan fingerprint density at radius 2 is 2.20 bits per heavy atom. The summed E-state index contributed by atoms with van der Waals surface area (Å²) in [5, 5.41) is 12.5. The highest BCUT2D eigenvalue weighted by Crippen LogP contribution is 2.28. The second-order valence-electron chi connectivity index (χ2n) is 5.06. The van der Waals surface area contributed by atoms with Crippen molar-refractivity contribution in [3.8, 4) is 0 Å². The molecule has 20 heavy (non-hydrogen) atoms. The summed E-state index contributed by atoms with van der Waals surface area (Å²) in [4.78, 5) is 2.11. The fraction of sp³-hybridized carbons (Fsp3) is 0.500. The molecule has 0 aliphatic carbocycles. The molecule has 0 spiro atoms. The lowest BCUT2D eigenvalue weighted by molar-refractivity contribution is 0.0685. The van der Waals surface area contributed by atoms with Crippen LogP contribution >= 0.6 is 11.6 Å². The van der Waals surface area contributed by atoms with Gasteiger partial charge in [-0.3, -0.25) is 0 Å². The first-order valence-corrected chi connectivity index (χ1v) is 7.06. The number of hydrogen-bond acceptors (Lipinski definition) is 4. The zero-order valence-electron chi connectivity index (χ0n) is 11.6. The summed E-state index contributed by atoms with van der Waals surface area (Å²) in [5.74, 6) is 0.622. The molecule has 2 rings (SSSR count). The van der Waals surface area contributed by atoms with Crippen LogP contribution in [0.15, 0.2) is 23.4 Å². The van der Waals surface area contributed by atoms with Crippen molar-refractivity contribution in [1.82, 2.24) is 0 Å². The highest BCUT2D eigenvalue weighted by atomic mass is 35.5. The van der Waals surface area contributed by atoms with Crippen LogP contribution < -0.4 is 10.6 Å². The van der Waals surface area contributed by atoms with Crippen LogP contribution in [0.5, 0.6) is 0 Å². The van der Waals surface area contributed by atoms with Gasteiger partial charge in [0.1, 0.15) is 0 Å². The predicted octanol–water partition coefficient (Wildman–Crippen LogP) is 2.30. The average Bonchev–Trinajstić information content (AvgIpc) is 2.47. The molecule has 0 saturated carbocycles. The van der Waals surface area contributed by atoms with Crippen molar-refractivity contribution in [2.75, 3.05) is 31.7 Å². The van der Waals surface area contributed by atoms with Crippen molar-refractivity contribution < 1.29 is 9.94 Å². The largest absolute Gasteiger partial charge is 0.409 e. The fourth-order valence-corrected chi connectivity index (χ4v) is 2.82. The van der Waals surface area contributed by atoms with Gasteiger partial charge in [-0.25, -0.2) is 0 Å². The first-order valence-electron chi connectivity index (χ1n) is 6.68. The summed E-state index contributed by atoms with van der Waals surface area (Å²) in [6.45, 7) is 2.54. The molecule has 0 unspecified atom stereocenters. The molecule has 1 aromatic carbocycles. The van der Waals surface area contributed by atoms with Gasteiger partial charge < -0.3 is 20.6 Å². The predicted molar refractivity (Wildman–Crippen MR) is 80.8 cm³/mol. The third kappa shape index (κ3) is 3.35. The van der Waals surface area contributed by atoms with Gasteiger partial charge in [0.25, 0.3) is 0 Å². The Labute approximate surface area is 124 Å². The Kier molecular flexibility index (Phi) is 5.09. The molecule has 1 heterocycles. The maximum atomic E-state index is 8.91. The van der Waals surface area contributed by atoms with Crippen LogP contribution in [0.25, 0.3) is 0 Å². The Hall–Kier alpha value is -1.46. The van der Waals surface area contributed by atoms with Gasteiger partial charge in [-0.2, -0.15) is 0 Å². The number of rotatable bonds is 4. The summed E-state index contributed by atoms with van der Waals surface area (Å²) >= 11 is 6.17. The summed E-state index contributed by atoms with van der Waals surface area (Å²) in [7, 11) is 2.00. The second-order valence-corrected chi connectivity index (χ2v) is 5.46. The van der Waals surface area contributed by atoms with Gasteiger partial charge in [0.2, 0.25) is 0 Å². The first kappa shape index (κ1) is 14.9. The van der Waals surface area contributed by atoms with E-state index in [0.29, 0.717) is 16.5 Å². The number of benzene rings is 1. The van der Waals surface area contributed by atoms with E-state index in [0.717, 1.165) is 38.3 Å². The minimum Gasteiger partial charge on any atom is -0.409 e. The van der Waals surface area contributed by atoms with E-state index in [-0.39, 0.29) is 5.84 Å². The normalized spacial score (nSPS) is 17.2. The number of anilines is 1. The lowest BCUT2D eigenvalue weighted by Crippen LogP contribution is -2.31. The van der Waals surface area contributed by atoms with E-state index in [4.69, 9.17) is 27.3 Å². The van der Waals surface area contributed by atoms with Gasteiger partial charge in [-0.15, -0.1) is 0 Å². The van der Waals surface area contributed by atoms with E-state index >= 15 is 0 Å². The van der Waals surface area contributed by atoms with Crippen molar-refractivity contribution in [2.24, 2.45) is 16.8 Å². The fourth-order valence-electron chi connectivity index (χ4n) is 2.55. The van der Waals surface area contributed by atoms with E-state index in [9.17, 15) is 0 Å². The highest BCUT2D eigenvalue weighted by Gasteiger charge is 2.19. The van der Waals surface area contributed by atoms with Gasteiger partial charge in [0.15, 0.2) is 5.84 Å². The Bertz CT molecular complexity index is 487. The maximum absolute atomic E-state index is 8.91. The smallest absolute Gasteiger partial charge is 0.173 e. The third-order valence-corrected chi connectivity index (χ3v) is 3.95. The molecule has 1 fully saturated rings. The van der Waals surface area contributed by atoms with Gasteiger partial charge in [0, 0.05) is 32.5 Å². The van der Waals surface area contributed by atoms with E-state index in [2.05, 4.69) is 10.1 Å². The number of oxime groups is 1. The van der Waals surface area contributed by atoms with Gasteiger partial charge in [0.05, 0.1) is 10.6 Å². The Morgan fingerprint density at radius 3 is 2.85 bits per heavy atom. The molecule has 0 atom stereocenters. The quantitative estimate of drug-likeness (QED) is 0.387. The van der Waals surface area contributed by atoms with Gasteiger partial charge in [-0.1, -0.05) is 22.8 Å². The van der Waals surface area contributed by atoms with Gasteiger partial charge in [-0.05, 0) is 30.9 Å². The van der Waals surface area contributed by atoms with Crippen LogP contribution in [0.1, 0.15) is 18.4 Å². The molecule has 0 amide bonds. The minimum atomic E-state index is 0.0319. The molecule has 1 saturated heterocycles. The molecule has 1 aromatic rings. The first-order chi connectivity index (χ1) is 9.63. The average molecular weight is 298 g/mol. The third-order valence-electron chi connectivity index (χ3n) is 3.64. The minimum absolute atomic E-state index is 0.0319. The summed E-state index contributed by atoms with van der Waals surface area (Å²) in [5.41, 5.74) is 7.19. The lowest BCUT2D eigenvalue weighted by atomic mass is 9.99. The van der Waals surface area contributed by atoms with Crippen molar-refractivity contribution in [1.29, 1.82) is 0 Å². The van der Waals surface area contributed by atoms with Crippen molar-refractivity contribution in [3.05, 3.63) is 28.8 Å². The Balaban J connectivity index is 2.20. The van der Waals surface area contributed by atoms with E-state index in [1.165, 1.54) is 0 Å². The molecular weight excluding hydrogens is 278 g/mol. The second kappa shape index (κ2) is 6.81. The molecule has 3 N–H and O–H groups in total.